The first-order valence-corrected chi connectivity index (χ1v) is 5.27. The minimum atomic E-state index is -0.298. The first kappa shape index (κ1) is 13.3. The van der Waals surface area contributed by atoms with Crippen LogP contribution in [0, 0.1) is 0 Å². The molecule has 0 radical (unpaired) electrons. The van der Waals surface area contributed by atoms with E-state index < -0.39 is 0 Å². The maximum atomic E-state index is 9.36. The van der Waals surface area contributed by atoms with Gasteiger partial charge in [-0.1, -0.05) is 12.1 Å². The zero-order valence-electron chi connectivity index (χ0n) is 9.56. The Morgan fingerprint density at radius 3 is 2.88 bits per heavy atom. The van der Waals surface area contributed by atoms with Crippen LogP contribution < -0.4 is 5.32 Å². The largest absolute Gasteiger partial charge is 0.508 e. The van der Waals surface area contributed by atoms with Gasteiger partial charge in [-0.15, -0.1) is 12.4 Å². The molecule has 0 aromatic heterocycles. The second kappa shape index (κ2) is 5.04. The van der Waals surface area contributed by atoms with Crippen molar-refractivity contribution in [2.75, 3.05) is 6.61 Å². The number of benzene rings is 1. The SMILES string of the molecule is CC1COC(C)(Cc2cccc(O)c2)N1.Cl. The third-order valence-corrected chi connectivity index (χ3v) is 2.66. The molecule has 90 valence electrons. The number of phenols is 1. The van der Waals surface area contributed by atoms with E-state index in [1.165, 1.54) is 0 Å². The molecule has 1 saturated heterocycles. The van der Waals surface area contributed by atoms with Gasteiger partial charge in [0.15, 0.2) is 0 Å². The summed E-state index contributed by atoms with van der Waals surface area (Å²) in [6.07, 6.45) is 0.770. The number of hydrogen-bond acceptors (Lipinski definition) is 3. The highest BCUT2D eigenvalue weighted by Gasteiger charge is 2.33. The first-order valence-electron chi connectivity index (χ1n) is 5.27. The van der Waals surface area contributed by atoms with E-state index in [9.17, 15) is 5.11 Å². The van der Waals surface area contributed by atoms with Crippen LogP contribution in [0.15, 0.2) is 24.3 Å². The van der Waals surface area contributed by atoms with Crippen molar-refractivity contribution in [2.24, 2.45) is 0 Å². The lowest BCUT2D eigenvalue weighted by Gasteiger charge is -2.24. The molecule has 16 heavy (non-hydrogen) atoms. The van der Waals surface area contributed by atoms with Crippen LogP contribution in [0.4, 0.5) is 0 Å². The molecule has 1 aromatic carbocycles. The molecule has 0 aliphatic carbocycles. The highest BCUT2D eigenvalue weighted by atomic mass is 35.5. The van der Waals surface area contributed by atoms with Crippen LogP contribution in [0.2, 0.25) is 0 Å². The molecular weight excluding hydrogens is 226 g/mol. The second-order valence-corrected chi connectivity index (χ2v) is 4.43. The van der Waals surface area contributed by atoms with Crippen LogP contribution in [0.5, 0.6) is 5.75 Å². The lowest BCUT2D eigenvalue weighted by molar-refractivity contribution is 0.00688. The molecule has 1 fully saturated rings. The highest BCUT2D eigenvalue weighted by molar-refractivity contribution is 5.85. The molecule has 2 rings (SSSR count). The first-order chi connectivity index (χ1) is 7.07. The van der Waals surface area contributed by atoms with Gasteiger partial charge in [0, 0.05) is 12.5 Å². The molecule has 4 heteroatoms. The molecule has 1 aromatic rings. The Kier molecular flexibility index (Phi) is 4.19. The van der Waals surface area contributed by atoms with Gasteiger partial charge in [-0.3, -0.25) is 5.32 Å². The normalized spacial score (nSPS) is 28.8. The Labute approximate surface area is 102 Å². The van der Waals surface area contributed by atoms with Gasteiger partial charge in [0.05, 0.1) is 6.61 Å². The van der Waals surface area contributed by atoms with Crippen LogP contribution in [-0.2, 0) is 11.2 Å². The summed E-state index contributed by atoms with van der Waals surface area (Å²) in [6.45, 7) is 4.89. The van der Waals surface area contributed by atoms with Gasteiger partial charge in [0.1, 0.15) is 11.5 Å². The van der Waals surface area contributed by atoms with Crippen molar-refractivity contribution < 1.29 is 9.84 Å². The average molecular weight is 244 g/mol. The predicted molar refractivity (Wildman–Crippen MR) is 66.0 cm³/mol. The Hall–Kier alpha value is -0.770. The van der Waals surface area contributed by atoms with Crippen molar-refractivity contribution in [1.29, 1.82) is 0 Å². The smallest absolute Gasteiger partial charge is 0.120 e. The molecule has 2 atom stereocenters. The Morgan fingerprint density at radius 1 is 1.56 bits per heavy atom. The fourth-order valence-electron chi connectivity index (χ4n) is 2.07. The summed E-state index contributed by atoms with van der Waals surface area (Å²) in [6, 6.07) is 7.70. The van der Waals surface area contributed by atoms with Crippen molar-refractivity contribution in [3.63, 3.8) is 0 Å². The Balaban J connectivity index is 0.00000128. The lowest BCUT2D eigenvalue weighted by atomic mass is 10.0. The van der Waals surface area contributed by atoms with E-state index in [1.807, 2.05) is 19.1 Å². The number of hydrogen-bond donors (Lipinski definition) is 2. The number of phenolic OH excluding ortho intramolecular Hbond substituents is 1. The zero-order valence-corrected chi connectivity index (χ0v) is 10.4. The molecule has 1 aliphatic heterocycles. The molecule has 0 bridgehead atoms. The third-order valence-electron chi connectivity index (χ3n) is 2.66. The average Bonchev–Trinajstić information content (AvgIpc) is 2.45. The molecule has 2 N–H and O–H groups in total. The van der Waals surface area contributed by atoms with Crippen molar-refractivity contribution in [1.82, 2.24) is 5.32 Å². The van der Waals surface area contributed by atoms with E-state index in [0.717, 1.165) is 18.6 Å². The van der Waals surface area contributed by atoms with Crippen LogP contribution in [-0.4, -0.2) is 23.5 Å². The summed E-state index contributed by atoms with van der Waals surface area (Å²) in [4.78, 5) is 0. The summed E-state index contributed by atoms with van der Waals surface area (Å²) in [5, 5.41) is 12.8. The number of halogens is 1. The van der Waals surface area contributed by atoms with Gasteiger partial charge in [0.2, 0.25) is 0 Å². The maximum Gasteiger partial charge on any atom is 0.120 e. The molecular formula is C12H18ClNO2. The molecule has 1 heterocycles. The van der Waals surface area contributed by atoms with Gasteiger partial charge >= 0.3 is 0 Å². The van der Waals surface area contributed by atoms with E-state index in [0.29, 0.717) is 11.8 Å². The maximum absolute atomic E-state index is 9.36. The van der Waals surface area contributed by atoms with Gasteiger partial charge in [-0.05, 0) is 31.5 Å². The summed E-state index contributed by atoms with van der Waals surface area (Å²) in [7, 11) is 0. The molecule has 3 nitrogen and oxygen atoms in total. The number of nitrogens with one attached hydrogen (secondary N) is 1. The van der Waals surface area contributed by atoms with Crippen molar-refractivity contribution >= 4 is 12.4 Å². The van der Waals surface area contributed by atoms with Crippen LogP contribution >= 0.6 is 12.4 Å². The van der Waals surface area contributed by atoms with Crippen molar-refractivity contribution in [2.45, 2.75) is 32.0 Å². The quantitative estimate of drug-likeness (QED) is 0.836. The van der Waals surface area contributed by atoms with Crippen molar-refractivity contribution in [3.8, 4) is 5.75 Å². The Morgan fingerprint density at radius 2 is 2.31 bits per heavy atom. The molecule has 0 amide bonds. The van der Waals surface area contributed by atoms with E-state index in [4.69, 9.17) is 4.74 Å². The fraction of sp³-hybridized carbons (Fsp3) is 0.500. The molecule has 0 spiro atoms. The summed E-state index contributed by atoms with van der Waals surface area (Å²) in [5.41, 5.74) is 0.784. The number of rotatable bonds is 2. The Bertz CT molecular complexity index is 359. The summed E-state index contributed by atoms with van der Waals surface area (Å²) >= 11 is 0. The predicted octanol–water partition coefficient (Wildman–Crippen LogP) is 2.08. The second-order valence-electron chi connectivity index (χ2n) is 4.43. The number of ether oxygens (including phenoxy) is 1. The molecule has 1 aliphatic rings. The molecule has 0 saturated carbocycles. The number of aromatic hydroxyl groups is 1. The summed E-state index contributed by atoms with van der Waals surface area (Å²) in [5.74, 6) is 0.308. The van der Waals surface area contributed by atoms with Gasteiger partial charge < -0.3 is 9.84 Å². The van der Waals surface area contributed by atoms with Gasteiger partial charge in [0.25, 0.3) is 0 Å². The van der Waals surface area contributed by atoms with Gasteiger partial charge in [-0.25, -0.2) is 0 Å². The van der Waals surface area contributed by atoms with E-state index >= 15 is 0 Å². The lowest BCUT2D eigenvalue weighted by Crippen LogP contribution is -2.42. The fourth-order valence-corrected chi connectivity index (χ4v) is 2.07. The monoisotopic (exact) mass is 243 g/mol. The van der Waals surface area contributed by atoms with Crippen LogP contribution in [0.3, 0.4) is 0 Å². The topological polar surface area (TPSA) is 41.5 Å². The van der Waals surface area contributed by atoms with Crippen LogP contribution in [0.1, 0.15) is 19.4 Å². The van der Waals surface area contributed by atoms with E-state index in [2.05, 4.69) is 12.2 Å². The van der Waals surface area contributed by atoms with E-state index in [-0.39, 0.29) is 18.1 Å². The highest BCUT2D eigenvalue weighted by Crippen LogP contribution is 2.22. The van der Waals surface area contributed by atoms with Crippen molar-refractivity contribution in [3.05, 3.63) is 29.8 Å². The summed E-state index contributed by atoms with van der Waals surface area (Å²) < 4.78 is 5.70. The minimum absolute atomic E-state index is 0. The van der Waals surface area contributed by atoms with Crippen LogP contribution in [0.25, 0.3) is 0 Å². The van der Waals surface area contributed by atoms with Gasteiger partial charge in [-0.2, -0.15) is 0 Å². The minimum Gasteiger partial charge on any atom is -0.508 e. The standard InChI is InChI=1S/C12H17NO2.ClH/c1-9-8-15-12(2,13-9)7-10-4-3-5-11(14)6-10;/h3-6,9,13-14H,7-8H2,1-2H3;1H. The van der Waals surface area contributed by atoms with E-state index in [1.54, 1.807) is 12.1 Å². The zero-order chi connectivity index (χ0) is 10.9. The third kappa shape index (κ3) is 3.11. The molecule has 2 unspecified atom stereocenters.